The Morgan fingerprint density at radius 3 is 2.21 bits per heavy atom. The summed E-state index contributed by atoms with van der Waals surface area (Å²) in [7, 11) is 0. The summed E-state index contributed by atoms with van der Waals surface area (Å²) >= 11 is 0. The molecule has 0 saturated heterocycles. The average molecular weight is 452 g/mol. The van der Waals surface area contributed by atoms with Crippen LogP contribution in [0.3, 0.4) is 0 Å². The summed E-state index contributed by atoms with van der Waals surface area (Å²) in [5.74, 6) is -0.137. The fraction of sp³-hybridized carbons (Fsp3) is 0.417. The molecule has 0 aliphatic heterocycles. The first-order valence-electron chi connectivity index (χ1n) is 11.5. The smallest absolute Gasteiger partial charge is 0.332 e. The molecule has 174 valence electrons. The second-order valence-electron chi connectivity index (χ2n) is 8.13. The number of imidazole rings is 1. The maximum atomic E-state index is 13.5. The molecule has 0 aliphatic carbocycles. The molecule has 0 fully saturated rings. The first-order valence-corrected chi connectivity index (χ1v) is 11.5. The van der Waals surface area contributed by atoms with E-state index < -0.39 is 11.2 Å². The van der Waals surface area contributed by atoms with Gasteiger partial charge in [0, 0.05) is 13.1 Å². The Balaban J connectivity index is 2.15. The lowest BCUT2D eigenvalue weighted by atomic mass is 10.1. The molecule has 9 nitrogen and oxygen atoms in total. The van der Waals surface area contributed by atoms with E-state index in [-0.39, 0.29) is 47.0 Å². The van der Waals surface area contributed by atoms with Crippen LogP contribution in [0.1, 0.15) is 51.2 Å². The standard InChI is InChI=1S/C24H29N5O4/c1-4-7-9-14-17-20(30)28(15-16-12-10-8-11-13-16)23-25-19-18(29(23)21(17)31)22(32)27(6-3)24(33)26(19)5-2/h8,10-13,31H,4-7,9,14-15H2,1-3H3. The highest BCUT2D eigenvalue weighted by atomic mass is 16.3. The van der Waals surface area contributed by atoms with Crippen LogP contribution in [0.15, 0.2) is 44.7 Å². The molecule has 0 amide bonds. The van der Waals surface area contributed by atoms with Crippen molar-refractivity contribution in [1.82, 2.24) is 23.1 Å². The maximum absolute atomic E-state index is 13.5. The van der Waals surface area contributed by atoms with Gasteiger partial charge in [0.25, 0.3) is 11.1 Å². The summed E-state index contributed by atoms with van der Waals surface area (Å²) in [6.07, 6.45) is 3.01. The predicted molar refractivity (Wildman–Crippen MR) is 127 cm³/mol. The highest BCUT2D eigenvalue weighted by Crippen LogP contribution is 2.23. The van der Waals surface area contributed by atoms with Crippen molar-refractivity contribution < 1.29 is 5.11 Å². The molecular weight excluding hydrogens is 422 g/mol. The van der Waals surface area contributed by atoms with E-state index in [9.17, 15) is 19.5 Å². The second-order valence-corrected chi connectivity index (χ2v) is 8.13. The first kappa shape index (κ1) is 22.6. The van der Waals surface area contributed by atoms with Crippen LogP contribution >= 0.6 is 0 Å². The summed E-state index contributed by atoms with van der Waals surface area (Å²) in [4.78, 5) is 44.2. The van der Waals surface area contributed by atoms with E-state index in [1.54, 1.807) is 13.8 Å². The minimum absolute atomic E-state index is 0.101. The van der Waals surface area contributed by atoms with Gasteiger partial charge in [-0.2, -0.15) is 4.98 Å². The van der Waals surface area contributed by atoms with Crippen molar-refractivity contribution in [3.63, 3.8) is 0 Å². The van der Waals surface area contributed by atoms with E-state index in [0.29, 0.717) is 13.0 Å². The summed E-state index contributed by atoms with van der Waals surface area (Å²) in [5.41, 5.74) is 0.0793. The number of hydrogen-bond acceptors (Lipinski definition) is 5. The van der Waals surface area contributed by atoms with E-state index in [1.165, 1.54) is 13.5 Å². The van der Waals surface area contributed by atoms with Crippen LogP contribution < -0.4 is 16.8 Å². The van der Waals surface area contributed by atoms with Gasteiger partial charge in [-0.15, -0.1) is 0 Å². The van der Waals surface area contributed by atoms with Crippen LogP contribution in [-0.2, 0) is 26.1 Å². The molecule has 4 rings (SSSR count). The van der Waals surface area contributed by atoms with E-state index in [0.717, 1.165) is 29.4 Å². The van der Waals surface area contributed by atoms with Crippen LogP contribution in [0.25, 0.3) is 16.9 Å². The molecule has 0 spiro atoms. The van der Waals surface area contributed by atoms with Crippen LogP contribution in [-0.4, -0.2) is 28.2 Å². The van der Waals surface area contributed by atoms with Crippen molar-refractivity contribution in [1.29, 1.82) is 0 Å². The van der Waals surface area contributed by atoms with E-state index in [2.05, 4.69) is 11.9 Å². The van der Waals surface area contributed by atoms with Gasteiger partial charge in [-0.3, -0.25) is 23.3 Å². The molecule has 1 N–H and O–H groups in total. The predicted octanol–water partition coefficient (Wildman–Crippen LogP) is 2.50. The Kier molecular flexibility index (Phi) is 6.22. The van der Waals surface area contributed by atoms with Gasteiger partial charge < -0.3 is 5.11 Å². The number of rotatable bonds is 8. The van der Waals surface area contributed by atoms with Crippen LogP contribution in [0, 0.1) is 0 Å². The molecule has 0 bridgehead atoms. The SMILES string of the molecule is CCCCCc1c(O)n2c3c(=O)n(CC)c(=O)n(CC)c3nc2n(Cc2ccccc2)c1=O. The fourth-order valence-corrected chi connectivity index (χ4v) is 4.34. The van der Waals surface area contributed by atoms with Crippen molar-refractivity contribution in [3.8, 4) is 5.88 Å². The summed E-state index contributed by atoms with van der Waals surface area (Å²) in [5, 5.41) is 11.2. The first-order chi connectivity index (χ1) is 15.9. The molecule has 9 heteroatoms. The van der Waals surface area contributed by atoms with Gasteiger partial charge >= 0.3 is 5.69 Å². The molecule has 0 unspecified atom stereocenters. The Hall–Kier alpha value is -3.62. The number of benzene rings is 1. The number of aromatic nitrogens is 5. The number of aryl methyl sites for hydroxylation is 1. The topological polar surface area (TPSA) is 104 Å². The van der Waals surface area contributed by atoms with Crippen molar-refractivity contribution >= 4 is 16.9 Å². The van der Waals surface area contributed by atoms with Crippen LogP contribution in [0.4, 0.5) is 0 Å². The zero-order valence-electron chi connectivity index (χ0n) is 19.2. The zero-order chi connectivity index (χ0) is 23.7. The van der Waals surface area contributed by atoms with Gasteiger partial charge in [-0.05, 0) is 32.3 Å². The lowest BCUT2D eigenvalue weighted by Gasteiger charge is -2.13. The van der Waals surface area contributed by atoms with Crippen molar-refractivity contribution in [2.24, 2.45) is 0 Å². The molecule has 4 aromatic rings. The van der Waals surface area contributed by atoms with Crippen molar-refractivity contribution in [2.45, 2.75) is 66.1 Å². The highest BCUT2D eigenvalue weighted by molar-refractivity contribution is 5.76. The monoisotopic (exact) mass is 451 g/mol. The molecule has 0 atom stereocenters. The number of unbranched alkanes of at least 4 members (excludes halogenated alkanes) is 2. The van der Waals surface area contributed by atoms with Crippen LogP contribution in [0.5, 0.6) is 5.88 Å². The quantitative estimate of drug-likeness (QED) is 0.415. The largest absolute Gasteiger partial charge is 0.494 e. The maximum Gasteiger partial charge on any atom is 0.332 e. The lowest BCUT2D eigenvalue weighted by molar-refractivity contribution is 0.432. The van der Waals surface area contributed by atoms with Gasteiger partial charge in [0.15, 0.2) is 11.2 Å². The molecule has 1 aromatic carbocycles. The van der Waals surface area contributed by atoms with Crippen molar-refractivity contribution in [3.05, 3.63) is 72.7 Å². The van der Waals surface area contributed by atoms with Crippen LogP contribution in [0.2, 0.25) is 0 Å². The van der Waals surface area contributed by atoms with Gasteiger partial charge in [0.1, 0.15) is 0 Å². The van der Waals surface area contributed by atoms with Crippen molar-refractivity contribution in [2.75, 3.05) is 0 Å². The van der Waals surface area contributed by atoms with Gasteiger partial charge in [0.05, 0.1) is 12.1 Å². The van der Waals surface area contributed by atoms with Gasteiger partial charge in [-0.1, -0.05) is 50.1 Å². The minimum Gasteiger partial charge on any atom is -0.494 e. The normalized spacial score (nSPS) is 11.6. The zero-order valence-corrected chi connectivity index (χ0v) is 19.2. The molecule has 0 aliphatic rings. The molecule has 33 heavy (non-hydrogen) atoms. The minimum atomic E-state index is -0.533. The number of fused-ring (bicyclic) bond motifs is 3. The number of hydrogen-bond donors (Lipinski definition) is 1. The summed E-state index contributed by atoms with van der Waals surface area (Å²) in [6, 6.07) is 9.47. The third kappa shape index (κ3) is 3.67. The van der Waals surface area contributed by atoms with Gasteiger partial charge in [0.2, 0.25) is 11.7 Å². The molecule has 0 saturated carbocycles. The molecule has 3 heterocycles. The summed E-state index contributed by atoms with van der Waals surface area (Å²) in [6.45, 7) is 6.30. The van der Waals surface area contributed by atoms with E-state index in [1.807, 2.05) is 30.3 Å². The van der Waals surface area contributed by atoms with Gasteiger partial charge in [-0.25, -0.2) is 9.20 Å². The third-order valence-corrected chi connectivity index (χ3v) is 6.08. The number of aromatic hydroxyl groups is 1. The number of nitrogens with zero attached hydrogens (tertiary/aromatic N) is 5. The molecule has 3 aromatic heterocycles. The third-order valence-electron chi connectivity index (χ3n) is 6.08. The Morgan fingerprint density at radius 1 is 0.879 bits per heavy atom. The Labute approximate surface area is 190 Å². The Bertz CT molecular complexity index is 1490. The lowest BCUT2D eigenvalue weighted by Crippen LogP contribution is -2.39. The highest BCUT2D eigenvalue weighted by Gasteiger charge is 2.25. The molecular formula is C24H29N5O4. The van der Waals surface area contributed by atoms with E-state index >= 15 is 0 Å². The second kappa shape index (κ2) is 9.09. The fourth-order valence-electron chi connectivity index (χ4n) is 4.34. The summed E-state index contributed by atoms with van der Waals surface area (Å²) < 4.78 is 5.36. The van der Waals surface area contributed by atoms with E-state index in [4.69, 9.17) is 0 Å². The molecule has 0 radical (unpaired) electrons. The Morgan fingerprint density at radius 2 is 1.58 bits per heavy atom. The average Bonchev–Trinajstić information content (AvgIpc) is 3.21.